The quantitative estimate of drug-likeness (QED) is 0.770. The van der Waals surface area contributed by atoms with Gasteiger partial charge in [0.05, 0.1) is 6.54 Å². The summed E-state index contributed by atoms with van der Waals surface area (Å²) in [6, 6.07) is 0. The van der Waals surface area contributed by atoms with Gasteiger partial charge in [-0.05, 0) is 20.8 Å². The number of hydrogen-bond acceptors (Lipinski definition) is 3. The van der Waals surface area contributed by atoms with Gasteiger partial charge in [0, 0.05) is 12.6 Å². The Bertz CT molecular complexity index is 321. The van der Waals surface area contributed by atoms with Gasteiger partial charge in [-0.25, -0.2) is 8.42 Å². The third-order valence-electron chi connectivity index (χ3n) is 1.49. The van der Waals surface area contributed by atoms with E-state index < -0.39 is 10.0 Å². The van der Waals surface area contributed by atoms with E-state index in [1.165, 1.54) is 7.05 Å². The van der Waals surface area contributed by atoms with Crippen molar-refractivity contribution in [1.82, 2.24) is 9.62 Å². The molecule has 0 unspecified atom stereocenters. The highest BCUT2D eigenvalue weighted by molar-refractivity contribution is 9.10. The van der Waals surface area contributed by atoms with Crippen molar-refractivity contribution < 1.29 is 13.2 Å². The summed E-state index contributed by atoms with van der Waals surface area (Å²) in [6.07, 6.45) is 0. The maximum atomic E-state index is 11.4. The molecule has 0 rings (SSSR count). The van der Waals surface area contributed by atoms with Crippen LogP contribution in [0.4, 0.5) is 0 Å². The highest BCUT2D eigenvalue weighted by Crippen LogP contribution is 2.03. The fourth-order valence-corrected chi connectivity index (χ4v) is 2.37. The number of amides is 1. The first-order valence-electron chi connectivity index (χ1n) is 4.39. The molecule has 0 aliphatic rings. The summed E-state index contributed by atoms with van der Waals surface area (Å²) in [5, 5.41) is 2.69. The van der Waals surface area contributed by atoms with Gasteiger partial charge in [0.15, 0.2) is 0 Å². The molecule has 0 radical (unpaired) electrons. The van der Waals surface area contributed by atoms with Crippen molar-refractivity contribution in [1.29, 1.82) is 0 Å². The summed E-state index contributed by atoms with van der Waals surface area (Å²) < 4.78 is 23.4. The number of likely N-dealkylation sites (N-methyl/N-ethyl adjacent to an activating group) is 1. The van der Waals surface area contributed by atoms with E-state index >= 15 is 0 Å². The van der Waals surface area contributed by atoms with Crippen molar-refractivity contribution in [2.24, 2.45) is 0 Å². The summed E-state index contributed by atoms with van der Waals surface area (Å²) in [7, 11) is -1.99. The Morgan fingerprint density at radius 3 is 2.20 bits per heavy atom. The van der Waals surface area contributed by atoms with Gasteiger partial charge in [-0.3, -0.25) is 4.79 Å². The Morgan fingerprint density at radius 1 is 1.40 bits per heavy atom. The number of rotatable bonds is 4. The minimum absolute atomic E-state index is 0.162. The first-order valence-corrected chi connectivity index (χ1v) is 7.12. The van der Waals surface area contributed by atoms with Crippen molar-refractivity contribution in [2.45, 2.75) is 26.3 Å². The summed E-state index contributed by atoms with van der Waals surface area (Å²) in [5.74, 6) is -0.311. The van der Waals surface area contributed by atoms with Gasteiger partial charge in [0.2, 0.25) is 15.9 Å². The standard InChI is InChI=1S/C8H17BrN2O3S/c1-8(2,3)10-7(12)5-11(4)15(13,14)6-9/h5-6H2,1-4H3,(H,10,12). The van der Waals surface area contributed by atoms with Gasteiger partial charge in [0.25, 0.3) is 0 Å². The first-order chi connectivity index (χ1) is 6.58. The Balaban J connectivity index is 4.33. The van der Waals surface area contributed by atoms with Crippen LogP contribution in [0.15, 0.2) is 0 Å². The van der Waals surface area contributed by atoms with Crippen LogP contribution >= 0.6 is 15.9 Å². The second-order valence-corrected chi connectivity index (χ2v) is 7.65. The van der Waals surface area contributed by atoms with Crippen molar-refractivity contribution in [3.05, 3.63) is 0 Å². The molecule has 0 aliphatic heterocycles. The number of hydrogen-bond donors (Lipinski definition) is 1. The second kappa shape index (κ2) is 5.27. The Morgan fingerprint density at radius 2 is 1.87 bits per heavy atom. The summed E-state index contributed by atoms with van der Waals surface area (Å²) in [6.45, 7) is 5.35. The molecule has 0 bridgehead atoms. The molecule has 0 aromatic rings. The highest BCUT2D eigenvalue weighted by Gasteiger charge is 2.21. The second-order valence-electron chi connectivity index (χ2n) is 4.28. The summed E-state index contributed by atoms with van der Waals surface area (Å²) >= 11 is 2.86. The predicted octanol–water partition coefficient (Wildman–Crippen LogP) is 0.515. The monoisotopic (exact) mass is 300 g/mol. The smallest absolute Gasteiger partial charge is 0.235 e. The van der Waals surface area contributed by atoms with E-state index in [1.54, 1.807) is 0 Å². The molecule has 0 aromatic heterocycles. The molecule has 15 heavy (non-hydrogen) atoms. The molecule has 0 spiro atoms. The first kappa shape index (κ1) is 14.9. The number of carbonyl (C=O) groups excluding carboxylic acids is 1. The lowest BCUT2D eigenvalue weighted by molar-refractivity contribution is -0.122. The van der Waals surface area contributed by atoms with Crippen LogP contribution in [0.25, 0.3) is 0 Å². The van der Waals surface area contributed by atoms with Gasteiger partial charge < -0.3 is 5.32 Å². The van der Waals surface area contributed by atoms with Crippen LogP contribution < -0.4 is 5.32 Å². The van der Waals surface area contributed by atoms with Gasteiger partial charge in [-0.15, -0.1) is 0 Å². The number of alkyl halides is 1. The van der Waals surface area contributed by atoms with Crippen molar-refractivity contribution in [3.63, 3.8) is 0 Å². The van der Waals surface area contributed by atoms with E-state index in [0.29, 0.717) is 0 Å². The topological polar surface area (TPSA) is 66.5 Å². The SMILES string of the molecule is CN(CC(=O)NC(C)(C)C)S(=O)(=O)CBr. The molecular formula is C8H17BrN2O3S. The fraction of sp³-hybridized carbons (Fsp3) is 0.875. The van der Waals surface area contributed by atoms with E-state index in [9.17, 15) is 13.2 Å². The molecule has 0 saturated carbocycles. The van der Waals surface area contributed by atoms with Crippen molar-refractivity contribution in [2.75, 3.05) is 18.3 Å². The van der Waals surface area contributed by atoms with Crippen LogP contribution in [0.2, 0.25) is 0 Å². The number of nitrogens with zero attached hydrogens (tertiary/aromatic N) is 1. The molecule has 0 heterocycles. The maximum Gasteiger partial charge on any atom is 0.235 e. The lowest BCUT2D eigenvalue weighted by atomic mass is 10.1. The number of sulfonamides is 1. The molecular weight excluding hydrogens is 284 g/mol. The minimum atomic E-state index is -3.36. The van der Waals surface area contributed by atoms with Crippen LogP contribution in [-0.2, 0) is 14.8 Å². The summed E-state index contributed by atoms with van der Waals surface area (Å²) in [4.78, 5) is 11.4. The third kappa shape index (κ3) is 6.11. The lowest BCUT2D eigenvalue weighted by Crippen LogP contribution is -2.46. The van der Waals surface area contributed by atoms with Crippen molar-refractivity contribution >= 4 is 31.9 Å². The van der Waals surface area contributed by atoms with Crippen LogP contribution in [0.5, 0.6) is 0 Å². The predicted molar refractivity (Wildman–Crippen MR) is 63.2 cm³/mol. The van der Waals surface area contributed by atoms with Gasteiger partial charge >= 0.3 is 0 Å². The zero-order valence-electron chi connectivity index (χ0n) is 9.37. The Hall–Kier alpha value is -0.140. The maximum absolute atomic E-state index is 11.4. The lowest BCUT2D eigenvalue weighted by Gasteiger charge is -2.22. The number of carbonyl (C=O) groups is 1. The zero-order chi connectivity index (χ0) is 12.3. The average molecular weight is 301 g/mol. The molecule has 1 N–H and O–H groups in total. The molecule has 1 amide bonds. The highest BCUT2D eigenvalue weighted by atomic mass is 79.9. The van der Waals surface area contributed by atoms with E-state index in [4.69, 9.17) is 0 Å². The zero-order valence-corrected chi connectivity index (χ0v) is 11.8. The molecule has 0 aliphatic carbocycles. The number of halogens is 1. The van der Waals surface area contributed by atoms with Crippen molar-refractivity contribution in [3.8, 4) is 0 Å². The molecule has 90 valence electrons. The van der Waals surface area contributed by atoms with Crippen LogP contribution in [-0.4, -0.2) is 42.4 Å². The van der Waals surface area contributed by atoms with Gasteiger partial charge in [-0.1, -0.05) is 15.9 Å². The van der Waals surface area contributed by atoms with Crippen LogP contribution in [0, 0.1) is 0 Å². The molecule has 0 saturated heterocycles. The molecule has 5 nitrogen and oxygen atoms in total. The summed E-state index contributed by atoms with van der Waals surface area (Å²) in [5.41, 5.74) is -0.351. The van der Waals surface area contributed by atoms with Crippen LogP contribution in [0.1, 0.15) is 20.8 Å². The fourth-order valence-electron chi connectivity index (χ4n) is 0.842. The minimum Gasteiger partial charge on any atom is -0.350 e. The molecule has 7 heteroatoms. The van der Waals surface area contributed by atoms with E-state index in [2.05, 4.69) is 21.2 Å². The normalized spacial score (nSPS) is 12.9. The van der Waals surface area contributed by atoms with Crippen LogP contribution in [0.3, 0.4) is 0 Å². The van der Waals surface area contributed by atoms with Gasteiger partial charge in [-0.2, -0.15) is 4.31 Å². The van der Waals surface area contributed by atoms with E-state index in [-0.39, 0.29) is 22.7 Å². The molecule has 0 fully saturated rings. The largest absolute Gasteiger partial charge is 0.350 e. The molecule has 0 aromatic carbocycles. The third-order valence-corrected chi connectivity index (χ3v) is 4.58. The van der Waals surface area contributed by atoms with E-state index in [1.807, 2.05) is 20.8 Å². The Kier molecular flexibility index (Phi) is 5.22. The number of nitrogens with one attached hydrogen (secondary N) is 1. The van der Waals surface area contributed by atoms with Gasteiger partial charge in [0.1, 0.15) is 4.66 Å². The Labute approximate surface area is 99.4 Å². The van der Waals surface area contributed by atoms with E-state index in [0.717, 1.165) is 4.31 Å². The average Bonchev–Trinajstić information content (AvgIpc) is 2.00. The molecule has 0 atom stereocenters.